The number of hydrogen-bond acceptors (Lipinski definition) is 5. The van der Waals surface area contributed by atoms with Gasteiger partial charge in [-0.1, -0.05) is 48.5 Å². The van der Waals surface area contributed by atoms with E-state index in [0.717, 1.165) is 12.1 Å². The van der Waals surface area contributed by atoms with Gasteiger partial charge in [0.25, 0.3) is 0 Å². The van der Waals surface area contributed by atoms with Gasteiger partial charge in [-0.3, -0.25) is 0 Å². The summed E-state index contributed by atoms with van der Waals surface area (Å²) in [6, 6.07) is 19.1. The molecule has 0 saturated heterocycles. The first kappa shape index (κ1) is 19.8. The monoisotopic (exact) mass is 415 g/mol. The van der Waals surface area contributed by atoms with Crippen molar-refractivity contribution in [3.63, 3.8) is 0 Å². The summed E-state index contributed by atoms with van der Waals surface area (Å²) in [6.07, 6.45) is 0. The van der Waals surface area contributed by atoms with Gasteiger partial charge in [0.05, 0.1) is 15.4 Å². The van der Waals surface area contributed by atoms with Crippen LogP contribution in [0.15, 0.2) is 94.7 Å². The third kappa shape index (κ3) is 3.69. The van der Waals surface area contributed by atoms with E-state index in [1.54, 1.807) is 12.1 Å². The molecule has 0 atom stereocenters. The molecule has 0 fully saturated rings. The van der Waals surface area contributed by atoms with Gasteiger partial charge in [0.15, 0.2) is 24.3 Å². The fourth-order valence-corrected chi connectivity index (χ4v) is 7.37. The van der Waals surface area contributed by atoms with Crippen LogP contribution >= 0.6 is 0 Å². The van der Waals surface area contributed by atoms with Crippen LogP contribution in [0, 0.1) is 0 Å². The summed E-state index contributed by atoms with van der Waals surface area (Å²) in [7, 11) is -8.69. The third-order valence-corrected chi connectivity index (χ3v) is 9.18. The zero-order valence-electron chi connectivity index (χ0n) is 14.4. The molecule has 0 aliphatic rings. The largest absolute Gasteiger partial charge is 0.386 e. The first-order valence-corrected chi connectivity index (χ1v) is 11.2. The molecule has 0 spiro atoms. The zero-order chi connectivity index (χ0) is 20.4. The number of rotatable bonds is 6. The van der Waals surface area contributed by atoms with E-state index in [2.05, 4.69) is 0 Å². The van der Waals surface area contributed by atoms with Gasteiger partial charge in [0, 0.05) is 0 Å². The smallest absolute Gasteiger partial charge is 0.242 e. The first-order chi connectivity index (χ1) is 13.2. The van der Waals surface area contributed by atoms with E-state index in [1.807, 2.05) is 0 Å². The van der Waals surface area contributed by atoms with Crippen molar-refractivity contribution >= 4 is 25.6 Å². The highest BCUT2D eigenvalue weighted by Crippen LogP contribution is 2.37. The highest BCUT2D eigenvalue weighted by atomic mass is 32.3. The summed E-state index contributed by atoms with van der Waals surface area (Å²) in [4.78, 5) is 10.7. The van der Waals surface area contributed by atoms with Gasteiger partial charge in [-0.15, -0.1) is 0 Å². The van der Waals surface area contributed by atoms with Crippen molar-refractivity contribution in [2.45, 2.75) is 14.4 Å². The Kier molecular flexibility index (Phi) is 5.35. The average molecular weight is 415 g/mol. The lowest BCUT2D eigenvalue weighted by Crippen LogP contribution is -2.23. The predicted octanol–water partition coefficient (Wildman–Crippen LogP) is 3.20. The van der Waals surface area contributed by atoms with E-state index in [9.17, 15) is 26.7 Å². The Hall–Kier alpha value is -2.97. The highest BCUT2D eigenvalue weighted by Gasteiger charge is 2.41. The average Bonchev–Trinajstić information content (AvgIpc) is 2.69. The minimum atomic E-state index is -4.34. The fraction of sp³-hybridized carbons (Fsp3) is 0.0500. The van der Waals surface area contributed by atoms with Crippen molar-refractivity contribution in [1.82, 2.24) is 0 Å². The van der Waals surface area contributed by atoms with E-state index >= 15 is 0 Å². The maximum Gasteiger partial charge on any atom is 0.386 e. The van der Waals surface area contributed by atoms with Crippen LogP contribution in [0.3, 0.4) is 0 Å². The molecule has 3 aromatic carbocycles. The van der Waals surface area contributed by atoms with E-state index in [0.29, 0.717) is 0 Å². The Bertz CT molecular complexity index is 1120. The van der Waals surface area contributed by atoms with Crippen LogP contribution in [0.25, 0.3) is 0 Å². The summed E-state index contributed by atoms with van der Waals surface area (Å²) >= 11 is 0. The van der Waals surface area contributed by atoms with Gasteiger partial charge in [-0.05, 0) is 42.0 Å². The molecule has 0 N–H and O–H groups in total. The predicted molar refractivity (Wildman–Crippen MR) is 101 cm³/mol. The number of benzene rings is 3. The second-order valence-corrected chi connectivity index (χ2v) is 10.3. The second-order valence-electron chi connectivity index (χ2n) is 5.96. The number of hydrogen-bond donors (Lipinski definition) is 0. The van der Waals surface area contributed by atoms with Gasteiger partial charge in [0.2, 0.25) is 0 Å². The molecule has 8 heteroatoms. The summed E-state index contributed by atoms with van der Waals surface area (Å²) in [6.45, 7) is 0. The number of carbonyl (C=O) groups is 1. The van der Waals surface area contributed by atoms with Gasteiger partial charge >= 0.3 is 5.97 Å². The van der Waals surface area contributed by atoms with Crippen LogP contribution in [0.2, 0.25) is 0 Å². The molecular weight excluding hydrogens is 400 g/mol. The van der Waals surface area contributed by atoms with Crippen molar-refractivity contribution in [3.05, 3.63) is 96.1 Å². The standard InChI is InChI=1S/C20H15O6S2/c21-19(22)15-11-13-16(14-12-15)20(27(23,24)17-7-3-1-4-8-17)28(25,26)18-9-5-2-6-10-18/h1-14,20H. The van der Waals surface area contributed by atoms with Gasteiger partial charge in [0.1, 0.15) is 0 Å². The lowest BCUT2D eigenvalue weighted by atomic mass is 10.1. The summed E-state index contributed by atoms with van der Waals surface area (Å²) in [5.41, 5.74) is -0.241. The van der Waals surface area contributed by atoms with Crippen molar-refractivity contribution < 1.29 is 26.7 Å². The molecule has 0 amide bonds. The van der Waals surface area contributed by atoms with Crippen molar-refractivity contribution in [2.75, 3.05) is 0 Å². The Morgan fingerprint density at radius 2 is 1.00 bits per heavy atom. The SMILES string of the molecule is [O]C(=O)c1ccc(C(S(=O)(=O)c2ccccc2)S(=O)(=O)c2ccccc2)cc1. The number of carbonyl (C=O) groups excluding carboxylic acids is 1. The normalized spacial score (nSPS) is 12.0. The first-order valence-electron chi connectivity index (χ1n) is 8.14. The molecule has 0 aliphatic carbocycles. The molecule has 1 radical (unpaired) electrons. The molecule has 0 unspecified atom stereocenters. The van der Waals surface area contributed by atoms with E-state index in [1.165, 1.54) is 60.7 Å². The lowest BCUT2D eigenvalue weighted by molar-refractivity contribution is 0.0573. The Balaban J connectivity index is 2.24. The van der Waals surface area contributed by atoms with Crippen LogP contribution < -0.4 is 0 Å². The minimum absolute atomic E-state index is 0.0577. The summed E-state index contributed by atoms with van der Waals surface area (Å²) in [5, 5.41) is 11.0. The van der Waals surface area contributed by atoms with Crippen molar-refractivity contribution in [1.29, 1.82) is 0 Å². The quantitative estimate of drug-likeness (QED) is 0.615. The molecule has 6 nitrogen and oxygen atoms in total. The molecule has 28 heavy (non-hydrogen) atoms. The highest BCUT2D eigenvalue weighted by molar-refractivity contribution is 8.08. The van der Waals surface area contributed by atoms with Crippen molar-refractivity contribution in [2.24, 2.45) is 0 Å². The van der Waals surface area contributed by atoms with E-state index in [4.69, 9.17) is 0 Å². The number of sulfone groups is 2. The molecule has 0 saturated carbocycles. The summed E-state index contributed by atoms with van der Waals surface area (Å²) in [5.74, 6) is -1.44. The lowest BCUT2D eigenvalue weighted by Gasteiger charge is -2.19. The van der Waals surface area contributed by atoms with Crippen molar-refractivity contribution in [3.8, 4) is 0 Å². The molecule has 0 heterocycles. The zero-order valence-corrected chi connectivity index (χ0v) is 16.1. The maximum atomic E-state index is 13.3. The Labute approximate surface area is 162 Å². The molecule has 3 rings (SSSR count). The van der Waals surface area contributed by atoms with Crippen LogP contribution in [-0.2, 0) is 24.8 Å². The Morgan fingerprint density at radius 3 is 1.36 bits per heavy atom. The molecule has 0 bridgehead atoms. The summed E-state index contributed by atoms with van der Waals surface area (Å²) < 4.78 is 51.1. The van der Waals surface area contributed by atoms with E-state index < -0.39 is 30.2 Å². The second kappa shape index (κ2) is 7.57. The fourth-order valence-electron chi connectivity index (χ4n) is 2.77. The van der Waals surface area contributed by atoms with Gasteiger partial charge in [-0.2, -0.15) is 0 Å². The van der Waals surface area contributed by atoms with Gasteiger partial charge in [-0.25, -0.2) is 26.7 Å². The maximum absolute atomic E-state index is 13.3. The third-order valence-electron chi connectivity index (χ3n) is 4.13. The van der Waals surface area contributed by atoms with Gasteiger partial charge < -0.3 is 0 Å². The molecule has 143 valence electrons. The molecule has 0 aromatic heterocycles. The van der Waals surface area contributed by atoms with Crippen LogP contribution in [0.5, 0.6) is 0 Å². The molecular formula is C20H15O6S2. The topological polar surface area (TPSA) is 105 Å². The molecule has 0 aliphatic heterocycles. The Morgan fingerprint density at radius 1 is 0.607 bits per heavy atom. The van der Waals surface area contributed by atoms with Crippen LogP contribution in [0.1, 0.15) is 20.5 Å². The van der Waals surface area contributed by atoms with Crippen LogP contribution in [-0.4, -0.2) is 22.8 Å². The van der Waals surface area contributed by atoms with E-state index in [-0.39, 0.29) is 20.9 Å². The molecule has 3 aromatic rings. The minimum Gasteiger partial charge on any atom is -0.242 e. The van der Waals surface area contributed by atoms with Crippen LogP contribution in [0.4, 0.5) is 0 Å².